The smallest absolute Gasteiger partial charge is 0.0709 e. The standard InChI is InChI=1S/C15H13NO/c17-8-7-11-5-6-15-13(9-11)10-12-3-1-2-4-14(12)16-15/h1-6,9-10,17H,7-8H2. The predicted molar refractivity (Wildman–Crippen MR) is 70.0 cm³/mol. The van der Waals surface area contributed by atoms with E-state index < -0.39 is 0 Å². The van der Waals surface area contributed by atoms with Crippen LogP contribution in [0, 0.1) is 0 Å². The van der Waals surface area contributed by atoms with Crippen molar-refractivity contribution in [1.82, 2.24) is 4.98 Å². The molecule has 0 atom stereocenters. The van der Waals surface area contributed by atoms with Gasteiger partial charge in [0.05, 0.1) is 11.0 Å². The van der Waals surface area contributed by atoms with Crippen molar-refractivity contribution in [2.45, 2.75) is 6.42 Å². The van der Waals surface area contributed by atoms with Gasteiger partial charge in [-0.2, -0.15) is 0 Å². The van der Waals surface area contributed by atoms with Gasteiger partial charge in [-0.05, 0) is 36.2 Å². The first-order valence-electron chi connectivity index (χ1n) is 5.76. The predicted octanol–water partition coefficient (Wildman–Crippen LogP) is 2.92. The lowest BCUT2D eigenvalue weighted by molar-refractivity contribution is 0.299. The lowest BCUT2D eigenvalue weighted by atomic mass is 10.1. The Morgan fingerprint density at radius 2 is 1.71 bits per heavy atom. The van der Waals surface area contributed by atoms with E-state index in [-0.39, 0.29) is 6.61 Å². The minimum atomic E-state index is 0.187. The van der Waals surface area contributed by atoms with Crippen molar-refractivity contribution in [1.29, 1.82) is 0 Å². The number of aliphatic hydroxyl groups is 1. The van der Waals surface area contributed by atoms with Crippen molar-refractivity contribution in [3.8, 4) is 0 Å². The van der Waals surface area contributed by atoms with Crippen molar-refractivity contribution in [2.24, 2.45) is 0 Å². The van der Waals surface area contributed by atoms with Gasteiger partial charge in [-0.3, -0.25) is 0 Å². The third kappa shape index (κ3) is 1.87. The third-order valence-electron chi connectivity index (χ3n) is 2.98. The van der Waals surface area contributed by atoms with E-state index in [0.717, 1.165) is 27.4 Å². The molecule has 3 aromatic rings. The number of para-hydroxylation sites is 1. The fourth-order valence-electron chi connectivity index (χ4n) is 2.11. The second-order valence-corrected chi connectivity index (χ2v) is 4.18. The zero-order chi connectivity index (χ0) is 11.7. The van der Waals surface area contributed by atoms with Gasteiger partial charge in [0.1, 0.15) is 0 Å². The van der Waals surface area contributed by atoms with E-state index in [2.05, 4.69) is 23.2 Å². The molecular formula is C15H13NO. The van der Waals surface area contributed by atoms with Crippen molar-refractivity contribution in [3.05, 3.63) is 54.1 Å². The Bertz CT molecular complexity index is 676. The zero-order valence-electron chi connectivity index (χ0n) is 9.43. The molecule has 3 rings (SSSR count). The number of aliphatic hydroxyl groups excluding tert-OH is 1. The highest BCUT2D eigenvalue weighted by molar-refractivity contribution is 5.92. The van der Waals surface area contributed by atoms with Crippen LogP contribution in [0.4, 0.5) is 0 Å². The van der Waals surface area contributed by atoms with Crippen molar-refractivity contribution < 1.29 is 5.11 Å². The van der Waals surface area contributed by atoms with Crippen LogP contribution in [-0.2, 0) is 6.42 Å². The SMILES string of the molecule is OCCc1ccc2nc3ccccc3cc2c1. The molecule has 0 unspecified atom stereocenters. The molecule has 0 aliphatic rings. The van der Waals surface area contributed by atoms with Gasteiger partial charge < -0.3 is 5.11 Å². The highest BCUT2D eigenvalue weighted by Crippen LogP contribution is 2.20. The van der Waals surface area contributed by atoms with Crippen LogP contribution < -0.4 is 0 Å². The van der Waals surface area contributed by atoms with Gasteiger partial charge in [0.25, 0.3) is 0 Å². The van der Waals surface area contributed by atoms with E-state index in [0.29, 0.717) is 6.42 Å². The van der Waals surface area contributed by atoms with E-state index in [1.807, 2.05) is 30.3 Å². The van der Waals surface area contributed by atoms with Gasteiger partial charge >= 0.3 is 0 Å². The first-order chi connectivity index (χ1) is 8.36. The third-order valence-corrected chi connectivity index (χ3v) is 2.98. The molecule has 1 aromatic heterocycles. The highest BCUT2D eigenvalue weighted by atomic mass is 16.2. The Labute approximate surface area is 99.5 Å². The summed E-state index contributed by atoms with van der Waals surface area (Å²) in [7, 11) is 0. The minimum absolute atomic E-state index is 0.187. The molecule has 1 N–H and O–H groups in total. The second kappa shape index (κ2) is 4.15. The van der Waals surface area contributed by atoms with Gasteiger partial charge in [0, 0.05) is 17.4 Å². The van der Waals surface area contributed by atoms with Crippen LogP contribution in [0.3, 0.4) is 0 Å². The fourth-order valence-corrected chi connectivity index (χ4v) is 2.11. The molecule has 0 spiro atoms. The first-order valence-corrected chi connectivity index (χ1v) is 5.76. The van der Waals surface area contributed by atoms with E-state index in [1.165, 1.54) is 0 Å². The van der Waals surface area contributed by atoms with Crippen LogP contribution in [0.25, 0.3) is 21.8 Å². The van der Waals surface area contributed by atoms with Crippen LogP contribution in [0.15, 0.2) is 48.5 Å². The molecule has 0 bridgehead atoms. The lowest BCUT2D eigenvalue weighted by Gasteiger charge is -2.04. The molecule has 0 saturated carbocycles. The van der Waals surface area contributed by atoms with E-state index in [9.17, 15) is 0 Å². The molecule has 0 amide bonds. The molecule has 17 heavy (non-hydrogen) atoms. The van der Waals surface area contributed by atoms with Crippen molar-refractivity contribution in [2.75, 3.05) is 6.61 Å². The molecule has 0 aliphatic carbocycles. The average molecular weight is 223 g/mol. The Morgan fingerprint density at radius 3 is 2.59 bits per heavy atom. The maximum Gasteiger partial charge on any atom is 0.0709 e. The van der Waals surface area contributed by atoms with Crippen molar-refractivity contribution in [3.63, 3.8) is 0 Å². The van der Waals surface area contributed by atoms with Crippen molar-refractivity contribution >= 4 is 21.8 Å². The Kier molecular flexibility index (Phi) is 2.50. The Hall–Kier alpha value is -1.93. The summed E-state index contributed by atoms with van der Waals surface area (Å²) in [5.41, 5.74) is 3.18. The van der Waals surface area contributed by atoms with Gasteiger partial charge in [0.15, 0.2) is 0 Å². The number of hydrogen-bond acceptors (Lipinski definition) is 2. The van der Waals surface area contributed by atoms with Crippen LogP contribution in [0.5, 0.6) is 0 Å². The molecule has 2 heteroatoms. The molecule has 2 nitrogen and oxygen atoms in total. The van der Waals surface area contributed by atoms with Crippen LogP contribution >= 0.6 is 0 Å². The van der Waals surface area contributed by atoms with Gasteiger partial charge in [-0.25, -0.2) is 4.98 Å². The van der Waals surface area contributed by atoms with Crippen LogP contribution in [-0.4, -0.2) is 16.7 Å². The maximum atomic E-state index is 8.95. The zero-order valence-corrected chi connectivity index (χ0v) is 9.43. The van der Waals surface area contributed by atoms with Crippen LogP contribution in [0.2, 0.25) is 0 Å². The van der Waals surface area contributed by atoms with E-state index >= 15 is 0 Å². The van der Waals surface area contributed by atoms with E-state index in [1.54, 1.807) is 0 Å². The van der Waals surface area contributed by atoms with Crippen LogP contribution in [0.1, 0.15) is 5.56 Å². The number of hydrogen-bond donors (Lipinski definition) is 1. The number of aromatic nitrogens is 1. The molecule has 1 heterocycles. The number of fused-ring (bicyclic) bond motifs is 2. The summed E-state index contributed by atoms with van der Waals surface area (Å²) in [4.78, 5) is 4.62. The lowest BCUT2D eigenvalue weighted by Crippen LogP contribution is -1.91. The number of benzene rings is 2. The first kappa shape index (κ1) is 10.2. The maximum absolute atomic E-state index is 8.95. The van der Waals surface area contributed by atoms with E-state index in [4.69, 9.17) is 5.11 Å². The quantitative estimate of drug-likeness (QED) is 0.677. The topological polar surface area (TPSA) is 33.1 Å². The summed E-state index contributed by atoms with van der Waals surface area (Å²) in [6.07, 6.45) is 0.697. The molecular weight excluding hydrogens is 210 g/mol. The number of nitrogens with zero attached hydrogens (tertiary/aromatic N) is 1. The van der Waals surface area contributed by atoms with Gasteiger partial charge in [0.2, 0.25) is 0 Å². The minimum Gasteiger partial charge on any atom is -0.396 e. The Balaban J connectivity index is 2.25. The Morgan fingerprint density at radius 1 is 0.882 bits per heavy atom. The summed E-state index contributed by atoms with van der Waals surface area (Å²) >= 11 is 0. The summed E-state index contributed by atoms with van der Waals surface area (Å²) in [5.74, 6) is 0. The summed E-state index contributed by atoms with van der Waals surface area (Å²) in [6, 6.07) is 16.4. The second-order valence-electron chi connectivity index (χ2n) is 4.18. The largest absolute Gasteiger partial charge is 0.396 e. The number of pyridine rings is 1. The van der Waals surface area contributed by atoms with Gasteiger partial charge in [-0.1, -0.05) is 24.3 Å². The summed E-state index contributed by atoms with van der Waals surface area (Å²) in [6.45, 7) is 0.187. The molecule has 84 valence electrons. The average Bonchev–Trinajstić information content (AvgIpc) is 2.36. The number of rotatable bonds is 2. The summed E-state index contributed by atoms with van der Waals surface area (Å²) < 4.78 is 0. The summed E-state index contributed by atoms with van der Waals surface area (Å²) in [5, 5.41) is 11.2. The highest BCUT2D eigenvalue weighted by Gasteiger charge is 2.00. The normalized spacial score (nSPS) is 11.1. The van der Waals surface area contributed by atoms with Gasteiger partial charge in [-0.15, -0.1) is 0 Å². The monoisotopic (exact) mass is 223 g/mol. The molecule has 0 radical (unpaired) electrons. The molecule has 0 aliphatic heterocycles. The fraction of sp³-hybridized carbons (Fsp3) is 0.133. The molecule has 2 aromatic carbocycles. The molecule has 0 saturated heterocycles. The molecule has 0 fully saturated rings.